The Morgan fingerprint density at radius 3 is 2.74 bits per heavy atom. The molecule has 0 saturated heterocycles. The Hall–Kier alpha value is -3.01. The smallest absolute Gasteiger partial charge is 0.247 e. The Kier molecular flexibility index (Phi) is 6.45. The summed E-state index contributed by atoms with van der Waals surface area (Å²) in [6.45, 7) is 5.36. The highest BCUT2D eigenvalue weighted by Gasteiger charge is 2.22. The Morgan fingerprint density at radius 1 is 1.33 bits per heavy atom. The van der Waals surface area contributed by atoms with Crippen LogP contribution in [0.5, 0.6) is 11.5 Å². The molecule has 2 rings (SSSR count). The number of phenols is 1. The third-order valence-electron chi connectivity index (χ3n) is 3.32. The molecule has 9 nitrogen and oxygen atoms in total. The van der Waals surface area contributed by atoms with Crippen LogP contribution < -0.4 is 15.5 Å². The molecule has 1 aromatic heterocycles. The molecule has 0 radical (unpaired) electrons. The van der Waals surface area contributed by atoms with E-state index in [-0.39, 0.29) is 18.1 Å². The van der Waals surface area contributed by atoms with Gasteiger partial charge in [0, 0.05) is 11.0 Å². The quantitative estimate of drug-likeness (QED) is 0.510. The number of rotatable bonds is 6. The van der Waals surface area contributed by atoms with Gasteiger partial charge in [-0.3, -0.25) is 9.59 Å². The predicted octanol–water partition coefficient (Wildman–Crippen LogP) is 1.93. The van der Waals surface area contributed by atoms with Crippen LogP contribution >= 0.6 is 11.3 Å². The van der Waals surface area contributed by atoms with Gasteiger partial charge in [0.15, 0.2) is 11.5 Å². The van der Waals surface area contributed by atoms with Gasteiger partial charge >= 0.3 is 0 Å². The van der Waals surface area contributed by atoms with Crippen molar-refractivity contribution in [3.63, 3.8) is 0 Å². The molecule has 3 N–H and O–H groups in total. The van der Waals surface area contributed by atoms with E-state index in [0.717, 1.165) is 11.3 Å². The molecule has 0 saturated carbocycles. The molecule has 0 bridgehead atoms. The number of hydrogen-bond donors (Lipinski definition) is 3. The van der Waals surface area contributed by atoms with E-state index in [1.54, 1.807) is 39.0 Å². The number of para-hydroxylation sites is 1. The summed E-state index contributed by atoms with van der Waals surface area (Å²) < 4.78 is 5.00. The average molecular weight is 391 g/mol. The Morgan fingerprint density at radius 2 is 2.07 bits per heavy atom. The van der Waals surface area contributed by atoms with Gasteiger partial charge in [0.25, 0.3) is 0 Å². The van der Waals surface area contributed by atoms with E-state index in [4.69, 9.17) is 4.74 Å². The summed E-state index contributed by atoms with van der Waals surface area (Å²) in [4.78, 5) is 23.9. The minimum absolute atomic E-state index is 0.0372. The Balaban J connectivity index is 1.90. The highest BCUT2D eigenvalue weighted by Crippen LogP contribution is 2.27. The van der Waals surface area contributed by atoms with Crippen molar-refractivity contribution in [2.45, 2.75) is 27.2 Å². The van der Waals surface area contributed by atoms with Gasteiger partial charge in [0.1, 0.15) is 5.01 Å². The fraction of sp³-hybridized carbons (Fsp3) is 0.353. The largest absolute Gasteiger partial charge is 0.504 e. The van der Waals surface area contributed by atoms with Gasteiger partial charge in [0.05, 0.1) is 19.7 Å². The fourth-order valence-electron chi connectivity index (χ4n) is 1.82. The van der Waals surface area contributed by atoms with Gasteiger partial charge in [-0.05, 0) is 12.1 Å². The first kappa shape index (κ1) is 20.3. The van der Waals surface area contributed by atoms with E-state index in [1.165, 1.54) is 13.3 Å². The van der Waals surface area contributed by atoms with Crippen molar-refractivity contribution in [2.24, 2.45) is 10.5 Å². The number of phenolic OH excluding ortho intramolecular Hbond substituents is 1. The molecule has 10 heteroatoms. The summed E-state index contributed by atoms with van der Waals surface area (Å²) in [5.41, 5.74) is 2.20. The van der Waals surface area contributed by atoms with Crippen molar-refractivity contribution in [1.82, 2.24) is 15.6 Å². The van der Waals surface area contributed by atoms with Crippen molar-refractivity contribution in [3.05, 3.63) is 28.8 Å². The standard InChI is InChI=1S/C17H21N5O4S/c1-17(2,3)15(25)19-16-22-21-13(27-16)8-12(23)20-18-9-10-6-5-7-11(26-4)14(10)24/h5-7,9,24H,8H2,1-4H3,(H,20,23)(H,19,22,25)/b18-9+. The summed E-state index contributed by atoms with van der Waals surface area (Å²) >= 11 is 1.12. The number of anilines is 1. The highest BCUT2D eigenvalue weighted by molar-refractivity contribution is 7.15. The van der Waals surface area contributed by atoms with Gasteiger partial charge in [-0.2, -0.15) is 5.10 Å². The number of methoxy groups -OCH3 is 1. The molecule has 27 heavy (non-hydrogen) atoms. The lowest BCUT2D eigenvalue weighted by Crippen LogP contribution is -2.27. The van der Waals surface area contributed by atoms with E-state index in [2.05, 4.69) is 26.0 Å². The number of hydrazone groups is 1. The minimum Gasteiger partial charge on any atom is -0.504 e. The van der Waals surface area contributed by atoms with Crippen molar-refractivity contribution in [3.8, 4) is 11.5 Å². The molecule has 0 aliphatic rings. The number of carbonyl (C=O) groups is 2. The molecule has 0 spiro atoms. The number of nitrogens with one attached hydrogen (secondary N) is 2. The molecule has 0 atom stereocenters. The van der Waals surface area contributed by atoms with Crippen molar-refractivity contribution < 1.29 is 19.4 Å². The first-order valence-electron chi connectivity index (χ1n) is 8.02. The topological polar surface area (TPSA) is 126 Å². The van der Waals surface area contributed by atoms with Gasteiger partial charge < -0.3 is 15.2 Å². The molecule has 1 aromatic carbocycles. The molecule has 0 aliphatic carbocycles. The van der Waals surface area contributed by atoms with Crippen LogP contribution in [0.2, 0.25) is 0 Å². The first-order chi connectivity index (χ1) is 12.7. The van der Waals surface area contributed by atoms with E-state index in [0.29, 0.717) is 21.5 Å². The molecule has 144 valence electrons. The molecule has 1 heterocycles. The maximum Gasteiger partial charge on any atom is 0.247 e. The summed E-state index contributed by atoms with van der Waals surface area (Å²) in [6, 6.07) is 4.93. The second-order valence-corrected chi connectivity index (χ2v) is 7.64. The number of ether oxygens (including phenoxy) is 1. The third kappa shape index (κ3) is 5.74. The molecule has 0 unspecified atom stereocenters. The molecule has 2 amide bonds. The van der Waals surface area contributed by atoms with E-state index >= 15 is 0 Å². The monoisotopic (exact) mass is 391 g/mol. The molecular weight excluding hydrogens is 370 g/mol. The third-order valence-corrected chi connectivity index (χ3v) is 4.16. The van der Waals surface area contributed by atoms with Crippen LogP contribution in [0, 0.1) is 5.41 Å². The zero-order chi connectivity index (χ0) is 20.0. The van der Waals surface area contributed by atoms with Crippen molar-refractivity contribution >= 4 is 34.5 Å². The van der Waals surface area contributed by atoms with Crippen LogP contribution in [0.15, 0.2) is 23.3 Å². The molecular formula is C17H21N5O4S. The lowest BCUT2D eigenvalue weighted by Gasteiger charge is -2.15. The summed E-state index contributed by atoms with van der Waals surface area (Å²) in [6.07, 6.45) is 1.27. The molecule has 0 aliphatic heterocycles. The van der Waals surface area contributed by atoms with Crippen LogP contribution in [0.3, 0.4) is 0 Å². The van der Waals surface area contributed by atoms with Crippen LogP contribution in [-0.2, 0) is 16.0 Å². The minimum atomic E-state index is -0.552. The van der Waals surface area contributed by atoms with E-state index in [9.17, 15) is 14.7 Å². The Bertz CT molecular complexity index is 857. The van der Waals surface area contributed by atoms with Crippen LogP contribution in [0.4, 0.5) is 5.13 Å². The summed E-state index contributed by atoms with van der Waals surface area (Å²) in [7, 11) is 1.44. The molecule has 0 fully saturated rings. The van der Waals surface area contributed by atoms with Crippen LogP contribution in [-0.4, -0.2) is 40.4 Å². The van der Waals surface area contributed by atoms with Gasteiger partial charge in [-0.1, -0.05) is 38.2 Å². The number of aromatic nitrogens is 2. The fourth-order valence-corrected chi connectivity index (χ4v) is 2.55. The summed E-state index contributed by atoms with van der Waals surface area (Å²) in [5.74, 6) is -0.346. The van der Waals surface area contributed by atoms with Crippen molar-refractivity contribution in [2.75, 3.05) is 12.4 Å². The van der Waals surface area contributed by atoms with Crippen LogP contribution in [0.1, 0.15) is 31.3 Å². The second-order valence-electron chi connectivity index (χ2n) is 6.57. The highest BCUT2D eigenvalue weighted by atomic mass is 32.1. The maximum absolute atomic E-state index is 11.9. The zero-order valence-corrected chi connectivity index (χ0v) is 16.3. The summed E-state index contributed by atoms with van der Waals surface area (Å²) in [5, 5.41) is 24.9. The maximum atomic E-state index is 11.9. The number of benzene rings is 1. The zero-order valence-electron chi connectivity index (χ0n) is 15.4. The van der Waals surface area contributed by atoms with Gasteiger partial charge in [-0.25, -0.2) is 5.43 Å². The normalized spacial score (nSPS) is 11.4. The van der Waals surface area contributed by atoms with E-state index < -0.39 is 11.3 Å². The van der Waals surface area contributed by atoms with Gasteiger partial charge in [0.2, 0.25) is 16.9 Å². The average Bonchev–Trinajstić information content (AvgIpc) is 3.02. The number of nitrogens with zero attached hydrogens (tertiary/aromatic N) is 3. The van der Waals surface area contributed by atoms with Crippen molar-refractivity contribution in [1.29, 1.82) is 0 Å². The number of amides is 2. The molecule has 2 aromatic rings. The number of hydrogen-bond acceptors (Lipinski definition) is 8. The lowest BCUT2D eigenvalue weighted by molar-refractivity contribution is -0.123. The van der Waals surface area contributed by atoms with Crippen LogP contribution in [0.25, 0.3) is 0 Å². The van der Waals surface area contributed by atoms with Gasteiger partial charge in [-0.15, -0.1) is 10.2 Å². The second kappa shape index (κ2) is 8.58. The number of aromatic hydroxyl groups is 1. The predicted molar refractivity (Wildman–Crippen MR) is 102 cm³/mol. The SMILES string of the molecule is COc1cccc(/C=N/NC(=O)Cc2nnc(NC(=O)C(C)(C)C)s2)c1O. The lowest BCUT2D eigenvalue weighted by atomic mass is 9.96. The van der Waals surface area contributed by atoms with E-state index in [1.807, 2.05) is 0 Å². The number of carbonyl (C=O) groups excluding carboxylic acids is 2. The Labute approximate surface area is 160 Å². The first-order valence-corrected chi connectivity index (χ1v) is 8.84.